The monoisotopic (exact) mass is 428 g/mol. The Morgan fingerprint density at radius 3 is 2.83 bits per heavy atom. The largest absolute Gasteiger partial charge is 0.467 e. The molecule has 0 aliphatic heterocycles. The van der Waals surface area contributed by atoms with Crippen molar-refractivity contribution in [1.29, 1.82) is 0 Å². The maximum absolute atomic E-state index is 13.0. The van der Waals surface area contributed by atoms with Crippen molar-refractivity contribution in [2.45, 2.75) is 18.6 Å². The Bertz CT molecular complexity index is 1210. The third-order valence-electron chi connectivity index (χ3n) is 4.19. The molecule has 4 aromatic rings. The lowest BCUT2D eigenvalue weighted by Gasteiger charge is -2.11. The molecule has 1 aromatic carbocycles. The molecular weight excluding hydrogens is 412 g/mol. The highest BCUT2D eigenvalue weighted by Crippen LogP contribution is 2.20. The molecule has 9 heteroatoms. The van der Waals surface area contributed by atoms with E-state index in [2.05, 4.69) is 15.3 Å². The predicted molar refractivity (Wildman–Crippen MR) is 114 cm³/mol. The zero-order valence-electron chi connectivity index (χ0n) is 15.4. The van der Waals surface area contributed by atoms with Gasteiger partial charge in [-0.2, -0.15) is 0 Å². The zero-order chi connectivity index (χ0) is 20.4. The van der Waals surface area contributed by atoms with Crippen molar-refractivity contribution >= 4 is 46.0 Å². The van der Waals surface area contributed by atoms with Crippen LogP contribution in [0.1, 0.15) is 11.5 Å². The standard InChI is InChI=1S/C20H17ClN4O3S/c1-12-9-16-18(22-12)19(27)25(10-15-3-2-8-28-15)20(24-16)29-11-17(26)23-14-6-4-13(21)5-7-14/h2-9,22H,10-11H2,1H3,(H,23,26). The summed E-state index contributed by atoms with van der Waals surface area (Å²) in [4.78, 5) is 33.0. The quantitative estimate of drug-likeness (QED) is 0.357. The van der Waals surface area contributed by atoms with E-state index in [1.807, 2.05) is 13.0 Å². The third-order valence-corrected chi connectivity index (χ3v) is 5.42. The fourth-order valence-corrected chi connectivity index (χ4v) is 3.80. The van der Waals surface area contributed by atoms with Gasteiger partial charge >= 0.3 is 0 Å². The maximum atomic E-state index is 13.0. The molecule has 0 atom stereocenters. The first-order chi connectivity index (χ1) is 14.0. The van der Waals surface area contributed by atoms with E-state index < -0.39 is 0 Å². The molecule has 2 N–H and O–H groups in total. The van der Waals surface area contributed by atoms with E-state index in [9.17, 15) is 9.59 Å². The fraction of sp³-hybridized carbons (Fsp3) is 0.150. The first kappa shape index (κ1) is 19.4. The Morgan fingerprint density at radius 1 is 1.31 bits per heavy atom. The van der Waals surface area contributed by atoms with Gasteiger partial charge < -0.3 is 14.7 Å². The van der Waals surface area contributed by atoms with Crippen molar-refractivity contribution in [3.63, 3.8) is 0 Å². The Hall–Kier alpha value is -2.97. The number of rotatable bonds is 6. The highest BCUT2D eigenvalue weighted by atomic mass is 35.5. The molecule has 0 unspecified atom stereocenters. The second-order valence-corrected chi connectivity index (χ2v) is 7.80. The van der Waals surface area contributed by atoms with Crippen molar-refractivity contribution in [3.8, 4) is 0 Å². The van der Waals surface area contributed by atoms with E-state index in [-0.39, 0.29) is 23.8 Å². The van der Waals surface area contributed by atoms with Crippen LogP contribution in [0.5, 0.6) is 0 Å². The summed E-state index contributed by atoms with van der Waals surface area (Å²) in [6.45, 7) is 2.10. The Labute approximate surface area is 175 Å². The SMILES string of the molecule is Cc1cc2nc(SCC(=O)Nc3ccc(Cl)cc3)n(Cc3ccco3)c(=O)c2[nH]1. The Balaban J connectivity index is 1.58. The van der Waals surface area contributed by atoms with Gasteiger partial charge in [-0.3, -0.25) is 14.2 Å². The Morgan fingerprint density at radius 2 is 2.10 bits per heavy atom. The summed E-state index contributed by atoms with van der Waals surface area (Å²) in [7, 11) is 0. The molecule has 0 bridgehead atoms. The second kappa shape index (κ2) is 8.18. The zero-order valence-corrected chi connectivity index (χ0v) is 17.0. The van der Waals surface area contributed by atoms with Gasteiger partial charge in [0.1, 0.15) is 11.3 Å². The van der Waals surface area contributed by atoms with Crippen LogP contribution in [-0.4, -0.2) is 26.2 Å². The number of benzene rings is 1. The number of halogens is 1. The predicted octanol–water partition coefficient (Wildman–Crippen LogP) is 4.06. The maximum Gasteiger partial charge on any atom is 0.278 e. The number of carbonyl (C=O) groups excluding carboxylic acids is 1. The number of H-pyrrole nitrogens is 1. The van der Waals surface area contributed by atoms with Gasteiger partial charge in [0.15, 0.2) is 5.16 Å². The Kier molecular flexibility index (Phi) is 5.46. The minimum Gasteiger partial charge on any atom is -0.467 e. The molecule has 148 valence electrons. The minimum absolute atomic E-state index is 0.0993. The van der Waals surface area contributed by atoms with E-state index >= 15 is 0 Å². The first-order valence-electron chi connectivity index (χ1n) is 8.80. The van der Waals surface area contributed by atoms with Crippen molar-refractivity contribution in [1.82, 2.24) is 14.5 Å². The van der Waals surface area contributed by atoms with Gasteiger partial charge in [-0.05, 0) is 49.4 Å². The number of anilines is 1. The number of amides is 1. The summed E-state index contributed by atoms with van der Waals surface area (Å²) >= 11 is 7.06. The van der Waals surface area contributed by atoms with Gasteiger partial charge in [-0.1, -0.05) is 23.4 Å². The number of aryl methyl sites for hydroxylation is 1. The van der Waals surface area contributed by atoms with Crippen LogP contribution in [0.4, 0.5) is 5.69 Å². The summed E-state index contributed by atoms with van der Waals surface area (Å²) in [5.74, 6) is 0.521. The number of aromatic nitrogens is 3. The van der Waals surface area contributed by atoms with E-state index in [0.29, 0.717) is 32.7 Å². The van der Waals surface area contributed by atoms with Crippen LogP contribution in [0.3, 0.4) is 0 Å². The van der Waals surface area contributed by atoms with Crippen molar-refractivity contribution in [2.24, 2.45) is 0 Å². The smallest absolute Gasteiger partial charge is 0.278 e. The lowest BCUT2D eigenvalue weighted by molar-refractivity contribution is -0.113. The number of furan rings is 1. The van der Waals surface area contributed by atoms with Crippen LogP contribution >= 0.6 is 23.4 Å². The summed E-state index contributed by atoms with van der Waals surface area (Å²) in [5, 5.41) is 3.85. The second-order valence-electron chi connectivity index (χ2n) is 6.42. The molecule has 3 heterocycles. The molecule has 0 aliphatic rings. The number of nitrogens with one attached hydrogen (secondary N) is 2. The van der Waals surface area contributed by atoms with Crippen molar-refractivity contribution < 1.29 is 9.21 Å². The molecule has 3 aromatic heterocycles. The van der Waals surface area contributed by atoms with Gasteiger partial charge in [0.05, 0.1) is 24.1 Å². The van der Waals surface area contributed by atoms with E-state index in [4.69, 9.17) is 16.0 Å². The number of nitrogens with zero attached hydrogens (tertiary/aromatic N) is 2. The van der Waals surface area contributed by atoms with Gasteiger partial charge in [0.2, 0.25) is 5.91 Å². The molecule has 0 saturated heterocycles. The van der Waals surface area contributed by atoms with Crippen LogP contribution in [0, 0.1) is 6.92 Å². The number of thioether (sulfide) groups is 1. The lowest BCUT2D eigenvalue weighted by Crippen LogP contribution is -2.24. The van der Waals surface area contributed by atoms with Crippen LogP contribution in [0.25, 0.3) is 11.0 Å². The summed E-state index contributed by atoms with van der Waals surface area (Å²) in [6.07, 6.45) is 1.55. The summed E-state index contributed by atoms with van der Waals surface area (Å²) in [5.41, 5.74) is 2.29. The number of fused-ring (bicyclic) bond motifs is 1. The van der Waals surface area contributed by atoms with Gasteiger partial charge in [0, 0.05) is 16.4 Å². The fourth-order valence-electron chi connectivity index (χ4n) is 2.88. The molecule has 0 aliphatic carbocycles. The topological polar surface area (TPSA) is 92.9 Å². The van der Waals surface area contributed by atoms with E-state index in [1.165, 1.54) is 16.3 Å². The number of carbonyl (C=O) groups is 1. The highest BCUT2D eigenvalue weighted by Gasteiger charge is 2.16. The van der Waals surface area contributed by atoms with Gasteiger partial charge in [0.25, 0.3) is 5.56 Å². The normalized spacial score (nSPS) is 11.1. The van der Waals surface area contributed by atoms with Crippen molar-refractivity contribution in [3.05, 3.63) is 75.6 Å². The first-order valence-corrected chi connectivity index (χ1v) is 10.2. The van der Waals surface area contributed by atoms with Crippen LogP contribution in [-0.2, 0) is 11.3 Å². The molecule has 0 saturated carbocycles. The van der Waals surface area contributed by atoms with E-state index in [0.717, 1.165) is 5.69 Å². The van der Waals surface area contributed by atoms with Gasteiger partial charge in [-0.15, -0.1) is 0 Å². The lowest BCUT2D eigenvalue weighted by atomic mass is 10.3. The average molecular weight is 429 g/mol. The van der Waals surface area contributed by atoms with Gasteiger partial charge in [-0.25, -0.2) is 4.98 Å². The number of aromatic amines is 1. The number of hydrogen-bond acceptors (Lipinski definition) is 5. The molecule has 1 amide bonds. The average Bonchev–Trinajstić information content (AvgIpc) is 3.33. The molecule has 0 radical (unpaired) electrons. The van der Waals surface area contributed by atoms with Crippen LogP contribution in [0.2, 0.25) is 5.02 Å². The molecule has 0 spiro atoms. The molecule has 0 fully saturated rings. The van der Waals surface area contributed by atoms with Crippen molar-refractivity contribution in [2.75, 3.05) is 11.1 Å². The highest BCUT2D eigenvalue weighted by molar-refractivity contribution is 7.99. The molecule has 29 heavy (non-hydrogen) atoms. The molecule has 7 nitrogen and oxygen atoms in total. The minimum atomic E-state index is -0.208. The van der Waals surface area contributed by atoms with Crippen LogP contribution < -0.4 is 10.9 Å². The third kappa shape index (κ3) is 4.38. The summed E-state index contributed by atoms with van der Waals surface area (Å²) in [6, 6.07) is 12.2. The van der Waals surface area contributed by atoms with Crippen LogP contribution in [0.15, 0.2) is 63.1 Å². The number of hydrogen-bond donors (Lipinski definition) is 2. The van der Waals surface area contributed by atoms with E-state index in [1.54, 1.807) is 42.7 Å². The summed E-state index contributed by atoms with van der Waals surface area (Å²) < 4.78 is 6.89. The molecular formula is C20H17ClN4O3S. The molecule has 4 rings (SSSR count).